The molecular formula is C16H11F5N2O2. The van der Waals surface area contributed by atoms with Crippen molar-refractivity contribution in [2.24, 2.45) is 0 Å². The number of hydrogen-bond acceptors (Lipinski definition) is 2. The molecule has 4 nitrogen and oxygen atoms in total. The number of hydrogen-bond donors (Lipinski definition) is 1. The van der Waals surface area contributed by atoms with Crippen molar-refractivity contribution in [2.45, 2.75) is 6.18 Å². The van der Waals surface area contributed by atoms with Gasteiger partial charge in [0.1, 0.15) is 11.5 Å². The van der Waals surface area contributed by atoms with Gasteiger partial charge >= 0.3 is 12.1 Å². The first-order chi connectivity index (χ1) is 11.6. The summed E-state index contributed by atoms with van der Waals surface area (Å²) in [7, 11) is 1.17. The van der Waals surface area contributed by atoms with E-state index in [1.807, 2.05) is 0 Å². The molecule has 0 aromatic heterocycles. The van der Waals surface area contributed by atoms with Crippen LogP contribution in [0.1, 0.15) is 10.4 Å². The number of nitrogens with zero attached hydrogens (tertiary/aromatic N) is 1. The van der Waals surface area contributed by atoms with Crippen molar-refractivity contribution in [1.29, 1.82) is 0 Å². The Morgan fingerprint density at radius 1 is 1.00 bits per heavy atom. The van der Waals surface area contributed by atoms with E-state index in [1.165, 1.54) is 19.2 Å². The molecule has 2 amide bonds. The second kappa shape index (κ2) is 6.88. The van der Waals surface area contributed by atoms with E-state index in [0.29, 0.717) is 6.07 Å². The highest BCUT2D eigenvalue weighted by atomic mass is 19.4. The van der Waals surface area contributed by atoms with Crippen LogP contribution in [-0.4, -0.2) is 25.0 Å². The summed E-state index contributed by atoms with van der Waals surface area (Å²) in [5.74, 6) is -6.09. The third-order valence-electron chi connectivity index (χ3n) is 3.25. The Kier molecular flexibility index (Phi) is 5.05. The number of amides is 2. The number of rotatable bonds is 3. The molecule has 9 heteroatoms. The highest BCUT2D eigenvalue weighted by Gasteiger charge is 2.39. The van der Waals surface area contributed by atoms with Gasteiger partial charge in [-0.25, -0.2) is 8.78 Å². The SMILES string of the molecule is CN(C(=O)c1ccccc1)c1ccc(F)c(NC(=O)C(F)(F)F)c1F. The van der Waals surface area contributed by atoms with Gasteiger partial charge in [0.05, 0.1) is 5.69 Å². The average molecular weight is 358 g/mol. The number of carbonyl (C=O) groups excluding carboxylic acids is 2. The molecular weight excluding hydrogens is 347 g/mol. The number of alkyl halides is 3. The normalized spacial score (nSPS) is 11.1. The molecule has 2 rings (SSSR count). The summed E-state index contributed by atoms with van der Waals surface area (Å²) in [5, 5.41) is 1.14. The van der Waals surface area contributed by atoms with Crippen LogP contribution in [0, 0.1) is 11.6 Å². The summed E-state index contributed by atoms with van der Waals surface area (Å²) in [4.78, 5) is 24.0. The molecule has 0 atom stereocenters. The van der Waals surface area contributed by atoms with Crippen molar-refractivity contribution in [2.75, 3.05) is 17.3 Å². The number of anilines is 2. The Labute approximate surface area is 138 Å². The van der Waals surface area contributed by atoms with Gasteiger partial charge in [-0.15, -0.1) is 0 Å². The van der Waals surface area contributed by atoms with E-state index in [4.69, 9.17) is 0 Å². The van der Waals surface area contributed by atoms with Crippen LogP contribution in [0.5, 0.6) is 0 Å². The molecule has 2 aromatic rings. The summed E-state index contributed by atoms with van der Waals surface area (Å²) in [5.41, 5.74) is -1.59. The van der Waals surface area contributed by atoms with Crippen molar-refractivity contribution in [1.82, 2.24) is 0 Å². The lowest BCUT2D eigenvalue weighted by Gasteiger charge is -2.20. The molecule has 0 saturated carbocycles. The molecule has 0 bridgehead atoms. The lowest BCUT2D eigenvalue weighted by molar-refractivity contribution is -0.167. The fourth-order valence-corrected chi connectivity index (χ4v) is 1.98. The fraction of sp³-hybridized carbons (Fsp3) is 0.125. The predicted molar refractivity (Wildman–Crippen MR) is 80.2 cm³/mol. The zero-order valence-electron chi connectivity index (χ0n) is 12.7. The van der Waals surface area contributed by atoms with E-state index >= 15 is 0 Å². The molecule has 0 spiro atoms. The van der Waals surface area contributed by atoms with Crippen molar-refractivity contribution in [3.63, 3.8) is 0 Å². The molecule has 1 N–H and O–H groups in total. The summed E-state index contributed by atoms with van der Waals surface area (Å²) >= 11 is 0. The third kappa shape index (κ3) is 3.93. The number of halogens is 5. The Hall–Kier alpha value is -2.97. The highest BCUT2D eigenvalue weighted by Crippen LogP contribution is 2.30. The van der Waals surface area contributed by atoms with E-state index in [9.17, 15) is 31.5 Å². The van der Waals surface area contributed by atoms with Gasteiger partial charge in [-0.2, -0.15) is 13.2 Å². The quantitative estimate of drug-likeness (QED) is 0.850. The summed E-state index contributed by atoms with van der Waals surface area (Å²) in [6, 6.07) is 9.22. The Morgan fingerprint density at radius 3 is 2.16 bits per heavy atom. The minimum Gasteiger partial charge on any atom is -0.313 e. The topological polar surface area (TPSA) is 49.4 Å². The van der Waals surface area contributed by atoms with Crippen LogP contribution < -0.4 is 10.2 Å². The summed E-state index contributed by atoms with van der Waals surface area (Å²) in [6.07, 6.45) is -5.32. The van der Waals surface area contributed by atoms with Crippen LogP contribution in [0.3, 0.4) is 0 Å². The van der Waals surface area contributed by atoms with Gasteiger partial charge in [0, 0.05) is 12.6 Å². The lowest BCUT2D eigenvalue weighted by atomic mass is 10.1. The van der Waals surface area contributed by atoms with Gasteiger partial charge in [-0.1, -0.05) is 18.2 Å². The highest BCUT2D eigenvalue weighted by molar-refractivity contribution is 6.06. The van der Waals surface area contributed by atoms with Crippen LogP contribution >= 0.6 is 0 Å². The van der Waals surface area contributed by atoms with E-state index in [-0.39, 0.29) is 5.56 Å². The zero-order valence-corrected chi connectivity index (χ0v) is 12.7. The first-order valence-electron chi connectivity index (χ1n) is 6.82. The van der Waals surface area contributed by atoms with E-state index < -0.39 is 41.0 Å². The molecule has 0 radical (unpaired) electrons. The van der Waals surface area contributed by atoms with Crippen molar-refractivity contribution < 1.29 is 31.5 Å². The first-order valence-corrected chi connectivity index (χ1v) is 6.82. The number of carbonyl (C=O) groups is 2. The maximum absolute atomic E-state index is 14.4. The van der Waals surface area contributed by atoms with Crippen LogP contribution in [0.15, 0.2) is 42.5 Å². The monoisotopic (exact) mass is 358 g/mol. The molecule has 0 saturated heterocycles. The summed E-state index contributed by atoms with van der Waals surface area (Å²) < 4.78 is 64.9. The smallest absolute Gasteiger partial charge is 0.313 e. The molecule has 0 aliphatic heterocycles. The molecule has 0 aliphatic rings. The fourth-order valence-electron chi connectivity index (χ4n) is 1.98. The van der Waals surface area contributed by atoms with E-state index in [1.54, 1.807) is 18.2 Å². The van der Waals surface area contributed by atoms with E-state index in [0.717, 1.165) is 16.3 Å². The average Bonchev–Trinajstić information content (AvgIpc) is 2.57. The second-order valence-corrected chi connectivity index (χ2v) is 4.94. The Morgan fingerprint density at radius 2 is 1.60 bits per heavy atom. The van der Waals surface area contributed by atoms with Crippen molar-refractivity contribution >= 4 is 23.2 Å². The van der Waals surface area contributed by atoms with Crippen LogP contribution in [0.4, 0.5) is 33.3 Å². The van der Waals surface area contributed by atoms with Crippen LogP contribution in [-0.2, 0) is 4.79 Å². The van der Waals surface area contributed by atoms with Crippen LogP contribution in [0.25, 0.3) is 0 Å². The van der Waals surface area contributed by atoms with Crippen molar-refractivity contribution in [3.8, 4) is 0 Å². The maximum atomic E-state index is 14.4. The first kappa shape index (κ1) is 18.4. The molecule has 25 heavy (non-hydrogen) atoms. The van der Waals surface area contributed by atoms with Crippen molar-refractivity contribution in [3.05, 3.63) is 59.7 Å². The minimum atomic E-state index is -5.32. The molecule has 0 unspecified atom stereocenters. The predicted octanol–water partition coefficient (Wildman–Crippen LogP) is 3.74. The van der Waals surface area contributed by atoms with Gasteiger partial charge in [-0.05, 0) is 24.3 Å². The molecule has 0 fully saturated rings. The minimum absolute atomic E-state index is 0.189. The largest absolute Gasteiger partial charge is 0.471 e. The molecule has 0 aliphatic carbocycles. The van der Waals surface area contributed by atoms with Crippen LogP contribution in [0.2, 0.25) is 0 Å². The molecule has 132 valence electrons. The molecule has 2 aromatic carbocycles. The van der Waals surface area contributed by atoms with Gasteiger partial charge in [-0.3, -0.25) is 9.59 Å². The third-order valence-corrected chi connectivity index (χ3v) is 3.25. The number of benzene rings is 2. The van der Waals surface area contributed by atoms with Gasteiger partial charge in [0.15, 0.2) is 5.82 Å². The van der Waals surface area contributed by atoms with Gasteiger partial charge in [0.25, 0.3) is 5.91 Å². The van der Waals surface area contributed by atoms with Gasteiger partial charge < -0.3 is 10.2 Å². The van der Waals surface area contributed by atoms with E-state index in [2.05, 4.69) is 0 Å². The maximum Gasteiger partial charge on any atom is 0.471 e. The molecule has 0 heterocycles. The summed E-state index contributed by atoms with van der Waals surface area (Å²) in [6.45, 7) is 0. The Bertz CT molecular complexity index is 806. The second-order valence-electron chi connectivity index (χ2n) is 4.94. The number of nitrogens with one attached hydrogen (secondary N) is 1. The standard InChI is InChI=1S/C16H11F5N2O2/c1-23(14(24)9-5-3-2-4-6-9)11-8-7-10(17)13(12(11)18)22-15(25)16(19,20)21/h2-8H,1H3,(H,22,25). The Balaban J connectivity index is 2.38. The van der Waals surface area contributed by atoms with Gasteiger partial charge in [0.2, 0.25) is 0 Å². The lowest BCUT2D eigenvalue weighted by Crippen LogP contribution is -2.31. The zero-order chi connectivity index (χ0) is 18.8.